The molecule has 152 valence electrons. The molecule has 4 aromatic rings. The average molecular weight is 409 g/mol. The Morgan fingerprint density at radius 3 is 2.16 bits per heavy atom. The van der Waals surface area contributed by atoms with Gasteiger partial charge < -0.3 is 10.6 Å². The van der Waals surface area contributed by atoms with Crippen molar-refractivity contribution in [3.63, 3.8) is 0 Å². The first kappa shape index (κ1) is 20.0. The molecule has 31 heavy (non-hydrogen) atoms. The van der Waals surface area contributed by atoms with Gasteiger partial charge in [-0.1, -0.05) is 12.1 Å². The van der Waals surface area contributed by atoms with Gasteiger partial charge in [0.15, 0.2) is 0 Å². The van der Waals surface area contributed by atoms with Gasteiger partial charge in [-0.15, -0.1) is 0 Å². The highest BCUT2D eigenvalue weighted by Gasteiger charge is 2.09. The predicted octanol–water partition coefficient (Wildman–Crippen LogP) is 6.26. The molecule has 0 unspecified atom stereocenters. The number of hydrogen-bond acceptors (Lipinski definition) is 5. The molecule has 0 bridgehead atoms. The Hall–Kier alpha value is -4.24. The van der Waals surface area contributed by atoms with Crippen LogP contribution in [0, 0.1) is 31.0 Å². The third-order valence-corrected chi connectivity index (χ3v) is 4.89. The normalized spacial score (nSPS) is 10.4. The quantitative estimate of drug-likeness (QED) is 0.407. The van der Waals surface area contributed by atoms with Crippen molar-refractivity contribution >= 4 is 23.1 Å². The number of nitrogens with zero attached hydrogens (tertiary/aromatic N) is 3. The zero-order chi connectivity index (χ0) is 21.8. The summed E-state index contributed by atoms with van der Waals surface area (Å²) in [5, 5.41) is 15.4. The summed E-state index contributed by atoms with van der Waals surface area (Å²) in [5.41, 5.74) is 6.47. The van der Waals surface area contributed by atoms with Crippen molar-refractivity contribution in [1.82, 2.24) is 9.97 Å². The highest BCUT2D eigenvalue weighted by molar-refractivity contribution is 5.73. The van der Waals surface area contributed by atoms with E-state index in [4.69, 9.17) is 5.26 Å². The summed E-state index contributed by atoms with van der Waals surface area (Å²) in [6, 6.07) is 21.6. The van der Waals surface area contributed by atoms with E-state index in [2.05, 4.69) is 38.8 Å². The van der Waals surface area contributed by atoms with Crippen LogP contribution < -0.4 is 10.6 Å². The third-order valence-electron chi connectivity index (χ3n) is 4.89. The molecule has 0 atom stereocenters. The number of aryl methyl sites for hydroxylation is 2. The van der Waals surface area contributed by atoms with E-state index in [9.17, 15) is 4.39 Å². The molecule has 0 saturated heterocycles. The zero-order valence-corrected chi connectivity index (χ0v) is 17.1. The van der Waals surface area contributed by atoms with Crippen LogP contribution in [0.15, 0.2) is 72.9 Å². The summed E-state index contributed by atoms with van der Waals surface area (Å²) < 4.78 is 13.2. The fourth-order valence-corrected chi connectivity index (χ4v) is 3.34. The number of halogens is 1. The van der Waals surface area contributed by atoms with Gasteiger partial charge in [0.1, 0.15) is 11.6 Å². The van der Waals surface area contributed by atoms with Crippen molar-refractivity contribution in [2.24, 2.45) is 0 Å². The van der Waals surface area contributed by atoms with E-state index in [0.717, 1.165) is 33.6 Å². The summed E-state index contributed by atoms with van der Waals surface area (Å²) in [4.78, 5) is 8.81. The van der Waals surface area contributed by atoms with Gasteiger partial charge in [0.2, 0.25) is 5.95 Å². The molecule has 2 N–H and O–H groups in total. The molecule has 0 fully saturated rings. The first-order valence-corrected chi connectivity index (χ1v) is 9.76. The Balaban J connectivity index is 1.55. The second kappa shape index (κ2) is 8.64. The van der Waals surface area contributed by atoms with Crippen molar-refractivity contribution in [2.45, 2.75) is 13.8 Å². The van der Waals surface area contributed by atoms with Crippen LogP contribution in [-0.2, 0) is 0 Å². The largest absolute Gasteiger partial charge is 0.340 e. The molecular formula is C25H20FN5. The van der Waals surface area contributed by atoms with Crippen LogP contribution in [0.25, 0.3) is 11.1 Å². The Kier molecular flexibility index (Phi) is 5.59. The van der Waals surface area contributed by atoms with Crippen LogP contribution in [0.2, 0.25) is 0 Å². The highest BCUT2D eigenvalue weighted by Crippen LogP contribution is 2.30. The van der Waals surface area contributed by atoms with Crippen molar-refractivity contribution in [2.75, 3.05) is 10.6 Å². The standard InChI is InChI=1S/C25H20FN5/c1-16-13-20(19-5-7-21(26)8-6-19)14-17(2)24(16)30-23-11-12-28-25(31-23)29-22-9-3-18(15-27)4-10-22/h3-14H,1-2H3,(H2,28,29,30,31). The molecule has 5 nitrogen and oxygen atoms in total. The van der Waals surface area contributed by atoms with E-state index in [1.165, 1.54) is 12.1 Å². The summed E-state index contributed by atoms with van der Waals surface area (Å²) in [5.74, 6) is 0.865. The Morgan fingerprint density at radius 1 is 0.839 bits per heavy atom. The number of benzene rings is 3. The van der Waals surface area contributed by atoms with E-state index >= 15 is 0 Å². The number of nitriles is 1. The first-order chi connectivity index (χ1) is 15.0. The van der Waals surface area contributed by atoms with E-state index < -0.39 is 0 Å². The van der Waals surface area contributed by atoms with E-state index in [1.54, 1.807) is 36.5 Å². The van der Waals surface area contributed by atoms with Crippen LogP contribution in [-0.4, -0.2) is 9.97 Å². The van der Waals surface area contributed by atoms with Gasteiger partial charge in [-0.25, -0.2) is 9.37 Å². The third kappa shape index (κ3) is 4.68. The first-order valence-electron chi connectivity index (χ1n) is 9.76. The second-order valence-electron chi connectivity index (χ2n) is 7.20. The molecule has 0 spiro atoms. The Morgan fingerprint density at radius 2 is 1.52 bits per heavy atom. The van der Waals surface area contributed by atoms with Crippen LogP contribution >= 0.6 is 0 Å². The molecule has 6 heteroatoms. The van der Waals surface area contributed by atoms with Crippen molar-refractivity contribution in [3.05, 3.63) is 95.4 Å². The molecule has 0 radical (unpaired) electrons. The fraction of sp³-hybridized carbons (Fsp3) is 0.0800. The molecular weight excluding hydrogens is 389 g/mol. The maximum atomic E-state index is 13.2. The molecule has 0 aliphatic rings. The van der Waals surface area contributed by atoms with Crippen molar-refractivity contribution in [1.29, 1.82) is 5.26 Å². The van der Waals surface area contributed by atoms with E-state index in [0.29, 0.717) is 17.3 Å². The van der Waals surface area contributed by atoms with Crippen LogP contribution in [0.3, 0.4) is 0 Å². The number of nitrogens with one attached hydrogen (secondary N) is 2. The van der Waals surface area contributed by atoms with Crippen LogP contribution in [0.5, 0.6) is 0 Å². The number of hydrogen-bond donors (Lipinski definition) is 2. The zero-order valence-electron chi connectivity index (χ0n) is 17.1. The van der Waals surface area contributed by atoms with Gasteiger partial charge in [0.05, 0.1) is 11.6 Å². The van der Waals surface area contributed by atoms with Gasteiger partial charge >= 0.3 is 0 Å². The smallest absolute Gasteiger partial charge is 0.229 e. The molecule has 1 aromatic heterocycles. The van der Waals surface area contributed by atoms with Gasteiger partial charge in [-0.05, 0) is 90.7 Å². The topological polar surface area (TPSA) is 73.6 Å². The van der Waals surface area contributed by atoms with Crippen molar-refractivity contribution in [3.8, 4) is 17.2 Å². The van der Waals surface area contributed by atoms with E-state index in [-0.39, 0.29) is 5.82 Å². The monoisotopic (exact) mass is 409 g/mol. The van der Waals surface area contributed by atoms with Gasteiger partial charge in [-0.3, -0.25) is 0 Å². The average Bonchev–Trinajstić information content (AvgIpc) is 2.77. The van der Waals surface area contributed by atoms with Gasteiger partial charge in [0.25, 0.3) is 0 Å². The molecule has 1 heterocycles. The minimum Gasteiger partial charge on any atom is -0.340 e. The second-order valence-corrected chi connectivity index (χ2v) is 7.20. The van der Waals surface area contributed by atoms with Gasteiger partial charge in [-0.2, -0.15) is 10.2 Å². The maximum absolute atomic E-state index is 13.2. The van der Waals surface area contributed by atoms with E-state index in [1.807, 2.05) is 26.0 Å². The Bertz CT molecular complexity index is 1240. The molecule has 0 amide bonds. The Labute approximate surface area is 180 Å². The summed E-state index contributed by atoms with van der Waals surface area (Å²) >= 11 is 0. The minimum atomic E-state index is -0.246. The lowest BCUT2D eigenvalue weighted by Gasteiger charge is -2.15. The SMILES string of the molecule is Cc1cc(-c2ccc(F)cc2)cc(C)c1Nc1ccnc(Nc2ccc(C#N)cc2)n1. The van der Waals surface area contributed by atoms with Gasteiger partial charge in [0, 0.05) is 17.6 Å². The lowest BCUT2D eigenvalue weighted by molar-refractivity contribution is 0.628. The molecule has 4 rings (SSSR count). The molecule has 0 saturated carbocycles. The lowest BCUT2D eigenvalue weighted by atomic mass is 9.99. The summed E-state index contributed by atoms with van der Waals surface area (Å²) in [6.07, 6.45) is 1.68. The van der Waals surface area contributed by atoms with Crippen LogP contribution in [0.1, 0.15) is 16.7 Å². The van der Waals surface area contributed by atoms with Crippen molar-refractivity contribution < 1.29 is 4.39 Å². The fourth-order valence-electron chi connectivity index (χ4n) is 3.34. The molecule has 3 aromatic carbocycles. The summed E-state index contributed by atoms with van der Waals surface area (Å²) in [7, 11) is 0. The lowest BCUT2D eigenvalue weighted by Crippen LogP contribution is -2.02. The number of rotatable bonds is 5. The van der Waals surface area contributed by atoms with Crippen LogP contribution in [0.4, 0.5) is 27.5 Å². The minimum absolute atomic E-state index is 0.246. The number of aromatic nitrogens is 2. The summed E-state index contributed by atoms with van der Waals surface area (Å²) in [6.45, 7) is 4.05. The predicted molar refractivity (Wildman–Crippen MR) is 121 cm³/mol. The maximum Gasteiger partial charge on any atom is 0.229 e. The highest BCUT2D eigenvalue weighted by atomic mass is 19.1. The molecule has 0 aliphatic carbocycles. The molecule has 0 aliphatic heterocycles. The number of anilines is 4.